The molecule has 2 N–H and O–H groups in total. The molecule has 0 saturated carbocycles. The van der Waals surface area contributed by atoms with Crippen LogP contribution in [0, 0.1) is 0 Å². The predicted octanol–water partition coefficient (Wildman–Crippen LogP) is 2.87. The Hall–Kier alpha value is -0.0800. The van der Waals surface area contributed by atoms with E-state index in [4.69, 9.17) is 0 Å². The van der Waals surface area contributed by atoms with Crippen molar-refractivity contribution in [2.45, 2.75) is 77.4 Å². The lowest BCUT2D eigenvalue weighted by atomic mass is 9.77. The minimum atomic E-state index is -0.949. The molecule has 0 saturated heterocycles. The van der Waals surface area contributed by atoms with Crippen molar-refractivity contribution in [1.82, 2.24) is 0 Å². The Kier molecular flexibility index (Phi) is 5.68. The molecule has 0 bridgehead atoms. The molecule has 0 aliphatic heterocycles. The Morgan fingerprint density at radius 1 is 0.929 bits per heavy atom. The fourth-order valence-electron chi connectivity index (χ4n) is 1.82. The number of unbranched alkanes of at least 4 members (excludes halogenated alkanes) is 2. The summed E-state index contributed by atoms with van der Waals surface area (Å²) in [6.45, 7) is 7.74. The number of hydrogen-bond acceptors (Lipinski definition) is 2. The first-order valence-electron chi connectivity index (χ1n) is 5.88. The molecule has 0 amide bonds. The number of hydrogen-bond donors (Lipinski definition) is 2. The average molecular weight is 202 g/mol. The Labute approximate surface area is 88.3 Å². The number of aliphatic hydroxyl groups is 2. The summed E-state index contributed by atoms with van der Waals surface area (Å²) < 4.78 is 0. The zero-order chi connectivity index (χ0) is 11.2. The Morgan fingerprint density at radius 2 is 1.50 bits per heavy atom. The third-order valence-corrected chi connectivity index (χ3v) is 3.47. The summed E-state index contributed by atoms with van der Waals surface area (Å²) in [7, 11) is 0. The average Bonchev–Trinajstić information content (AvgIpc) is 2.17. The maximum Gasteiger partial charge on any atom is 0.0927 e. The van der Waals surface area contributed by atoms with Gasteiger partial charge in [0, 0.05) is 0 Å². The van der Waals surface area contributed by atoms with Crippen LogP contribution in [-0.2, 0) is 0 Å². The zero-order valence-electron chi connectivity index (χ0n) is 10.1. The van der Waals surface area contributed by atoms with Crippen molar-refractivity contribution in [2.24, 2.45) is 0 Å². The molecule has 2 unspecified atom stereocenters. The van der Waals surface area contributed by atoms with Crippen LogP contribution in [0.25, 0.3) is 0 Å². The lowest BCUT2D eigenvalue weighted by molar-refractivity contribution is -0.150. The molecule has 0 aliphatic carbocycles. The predicted molar refractivity (Wildman–Crippen MR) is 60.3 cm³/mol. The minimum Gasteiger partial charge on any atom is -0.387 e. The summed E-state index contributed by atoms with van der Waals surface area (Å²) in [6, 6.07) is 0. The van der Waals surface area contributed by atoms with Crippen LogP contribution in [-0.4, -0.2) is 21.4 Å². The lowest BCUT2D eigenvalue weighted by Crippen LogP contribution is -2.51. The molecular formula is C12H26O2. The molecular weight excluding hydrogens is 176 g/mol. The third-order valence-electron chi connectivity index (χ3n) is 3.47. The minimum absolute atomic E-state index is 0.601. The summed E-state index contributed by atoms with van der Waals surface area (Å²) in [5.41, 5.74) is -1.85. The standard InChI is InChI=1S/C12H26O2/c1-5-8-9-10-12(14,7-3)11(4,13)6-2/h13-14H,5-10H2,1-4H3. The van der Waals surface area contributed by atoms with Gasteiger partial charge in [-0.1, -0.05) is 40.0 Å². The van der Waals surface area contributed by atoms with E-state index < -0.39 is 11.2 Å². The van der Waals surface area contributed by atoms with Crippen molar-refractivity contribution in [3.63, 3.8) is 0 Å². The first-order valence-corrected chi connectivity index (χ1v) is 5.88. The van der Waals surface area contributed by atoms with Gasteiger partial charge in [-0.25, -0.2) is 0 Å². The van der Waals surface area contributed by atoms with Crippen molar-refractivity contribution in [3.8, 4) is 0 Å². The molecule has 2 heteroatoms. The summed E-state index contributed by atoms with van der Waals surface area (Å²) in [4.78, 5) is 0. The highest BCUT2D eigenvalue weighted by Crippen LogP contribution is 2.33. The topological polar surface area (TPSA) is 40.5 Å². The number of rotatable bonds is 7. The second-order valence-corrected chi connectivity index (χ2v) is 4.47. The molecule has 14 heavy (non-hydrogen) atoms. The molecule has 0 fully saturated rings. The van der Waals surface area contributed by atoms with Crippen LogP contribution in [0.3, 0.4) is 0 Å². The van der Waals surface area contributed by atoms with Crippen LogP contribution >= 0.6 is 0 Å². The van der Waals surface area contributed by atoms with Gasteiger partial charge in [0.1, 0.15) is 0 Å². The molecule has 0 aromatic carbocycles. The van der Waals surface area contributed by atoms with Gasteiger partial charge in [0.25, 0.3) is 0 Å². The van der Waals surface area contributed by atoms with Crippen molar-refractivity contribution < 1.29 is 10.2 Å². The van der Waals surface area contributed by atoms with Gasteiger partial charge >= 0.3 is 0 Å². The van der Waals surface area contributed by atoms with Gasteiger partial charge in [0.15, 0.2) is 0 Å². The molecule has 2 atom stereocenters. The molecule has 0 heterocycles. The van der Waals surface area contributed by atoms with E-state index in [1.54, 1.807) is 6.92 Å². The molecule has 0 spiro atoms. The third kappa shape index (κ3) is 3.25. The van der Waals surface area contributed by atoms with E-state index in [-0.39, 0.29) is 0 Å². The van der Waals surface area contributed by atoms with E-state index in [9.17, 15) is 10.2 Å². The highest BCUT2D eigenvalue weighted by molar-refractivity contribution is 4.94. The quantitative estimate of drug-likeness (QED) is 0.623. The first kappa shape index (κ1) is 13.9. The maximum atomic E-state index is 10.3. The van der Waals surface area contributed by atoms with E-state index in [1.807, 2.05) is 13.8 Å². The van der Waals surface area contributed by atoms with Crippen molar-refractivity contribution in [3.05, 3.63) is 0 Å². The van der Waals surface area contributed by atoms with Crippen LogP contribution in [0.1, 0.15) is 66.2 Å². The molecule has 0 aromatic rings. The van der Waals surface area contributed by atoms with E-state index in [1.165, 1.54) is 0 Å². The van der Waals surface area contributed by atoms with Gasteiger partial charge in [-0.3, -0.25) is 0 Å². The smallest absolute Gasteiger partial charge is 0.0927 e. The van der Waals surface area contributed by atoms with Gasteiger partial charge in [-0.05, 0) is 26.2 Å². The normalized spacial score (nSPS) is 20.1. The second-order valence-electron chi connectivity index (χ2n) is 4.47. The second kappa shape index (κ2) is 5.72. The van der Waals surface area contributed by atoms with Gasteiger partial charge in [0.05, 0.1) is 11.2 Å². The molecule has 0 radical (unpaired) electrons. The Bertz CT molecular complexity index is 154. The van der Waals surface area contributed by atoms with E-state index >= 15 is 0 Å². The zero-order valence-corrected chi connectivity index (χ0v) is 10.1. The molecule has 0 aliphatic rings. The summed E-state index contributed by atoms with van der Waals surface area (Å²) in [6.07, 6.45) is 5.20. The van der Waals surface area contributed by atoms with Crippen molar-refractivity contribution in [1.29, 1.82) is 0 Å². The molecule has 0 rings (SSSR count). The molecule has 2 nitrogen and oxygen atoms in total. The highest BCUT2D eigenvalue weighted by atomic mass is 16.4. The van der Waals surface area contributed by atoms with Crippen LogP contribution in [0.4, 0.5) is 0 Å². The van der Waals surface area contributed by atoms with E-state index in [0.717, 1.165) is 19.3 Å². The Morgan fingerprint density at radius 3 is 1.86 bits per heavy atom. The van der Waals surface area contributed by atoms with E-state index in [2.05, 4.69) is 6.92 Å². The first-order chi connectivity index (χ1) is 6.43. The van der Waals surface area contributed by atoms with Crippen LogP contribution in [0.2, 0.25) is 0 Å². The summed E-state index contributed by atoms with van der Waals surface area (Å²) in [5.74, 6) is 0. The lowest BCUT2D eigenvalue weighted by Gasteiger charge is -2.40. The van der Waals surface area contributed by atoms with Gasteiger partial charge < -0.3 is 10.2 Å². The molecule has 0 aromatic heterocycles. The monoisotopic (exact) mass is 202 g/mol. The SMILES string of the molecule is CCCCCC(O)(CC)C(C)(O)CC. The summed E-state index contributed by atoms with van der Waals surface area (Å²) >= 11 is 0. The fraction of sp³-hybridized carbons (Fsp3) is 1.00. The van der Waals surface area contributed by atoms with Crippen molar-refractivity contribution >= 4 is 0 Å². The Balaban J connectivity index is 4.31. The highest BCUT2D eigenvalue weighted by Gasteiger charge is 2.41. The van der Waals surface area contributed by atoms with Gasteiger partial charge in [-0.2, -0.15) is 0 Å². The summed E-state index contributed by atoms with van der Waals surface area (Å²) in [5, 5.41) is 20.4. The fourth-order valence-corrected chi connectivity index (χ4v) is 1.82. The van der Waals surface area contributed by atoms with Crippen LogP contribution < -0.4 is 0 Å². The van der Waals surface area contributed by atoms with Crippen molar-refractivity contribution in [2.75, 3.05) is 0 Å². The van der Waals surface area contributed by atoms with E-state index in [0.29, 0.717) is 19.3 Å². The maximum absolute atomic E-state index is 10.3. The van der Waals surface area contributed by atoms with Gasteiger partial charge in [0.2, 0.25) is 0 Å². The van der Waals surface area contributed by atoms with Crippen LogP contribution in [0.15, 0.2) is 0 Å². The van der Waals surface area contributed by atoms with Gasteiger partial charge in [-0.15, -0.1) is 0 Å². The van der Waals surface area contributed by atoms with Crippen LogP contribution in [0.5, 0.6) is 0 Å². The molecule has 86 valence electrons. The largest absolute Gasteiger partial charge is 0.387 e.